The van der Waals surface area contributed by atoms with Crippen LogP contribution in [0.5, 0.6) is 0 Å². The monoisotopic (exact) mass is 724 g/mol. The lowest BCUT2D eigenvalue weighted by molar-refractivity contribution is 0.523. The zero-order chi connectivity index (χ0) is 38.2. The number of fused-ring (bicyclic) bond motifs is 7. The molecule has 0 atom stereocenters. The number of benzene rings is 5. The molecule has 274 valence electrons. The normalized spacial score (nSPS) is 20.5. The summed E-state index contributed by atoms with van der Waals surface area (Å²) in [5.74, 6) is 0. The molecule has 3 aliphatic rings. The standard InChI is InChI=1S/C55H48O/c1-37(39-20-8-7-9-21-39)43-24-13-14-25-44(43)38(2)45-23-10-5-6-11-26-46(48-28-16-15-27-47(45)48)42-35-51-40(34-41-22-12-18-30-52(41)55(3,4)36-42)32-33-50-49-29-17-19-31-53(49)56-54(50)51/h7-8,10-20,22-33,35H,1-2,5-6,9,21,34,36H2,3-4H3/b23-10+,26-11+,42-35-,47-45+,48-46+. The Labute approximate surface area is 331 Å². The van der Waals surface area contributed by atoms with E-state index in [2.05, 4.69) is 178 Å². The van der Waals surface area contributed by atoms with Gasteiger partial charge in [-0.15, -0.1) is 0 Å². The maximum Gasteiger partial charge on any atom is 0.142 e. The minimum Gasteiger partial charge on any atom is -0.455 e. The van der Waals surface area contributed by atoms with Gasteiger partial charge in [0.1, 0.15) is 11.2 Å². The van der Waals surface area contributed by atoms with Crippen molar-refractivity contribution in [2.75, 3.05) is 0 Å². The van der Waals surface area contributed by atoms with Crippen LogP contribution < -0.4 is 10.4 Å². The first-order chi connectivity index (χ1) is 27.4. The SMILES string of the molecule is C=C(C1=CC=CCC1)c1ccccc1C(=C)C1=c2/cccc/c2=C(\C2=C/c3c(ccc4c3oc3ccccc34)Cc3ccccc3C(C)(C)C2)/C=C/CC/C=C/1. The summed E-state index contributed by atoms with van der Waals surface area (Å²) >= 11 is 0. The molecule has 1 heteroatoms. The lowest BCUT2D eigenvalue weighted by Gasteiger charge is -2.29. The molecule has 0 fully saturated rings. The molecule has 0 spiro atoms. The van der Waals surface area contributed by atoms with Gasteiger partial charge in [-0.05, 0) is 128 Å². The second-order valence-electron chi connectivity index (χ2n) is 16.1. The van der Waals surface area contributed by atoms with E-state index in [0.29, 0.717) is 0 Å². The van der Waals surface area contributed by atoms with E-state index in [1.54, 1.807) is 0 Å². The van der Waals surface area contributed by atoms with Crippen LogP contribution in [-0.2, 0) is 11.8 Å². The third-order valence-corrected chi connectivity index (χ3v) is 12.0. The highest BCUT2D eigenvalue weighted by Crippen LogP contribution is 2.42. The highest BCUT2D eigenvalue weighted by atomic mass is 16.3. The zero-order valence-electron chi connectivity index (χ0n) is 32.6. The average molecular weight is 725 g/mol. The molecule has 0 bridgehead atoms. The number of furan rings is 1. The van der Waals surface area contributed by atoms with Crippen molar-refractivity contribution >= 4 is 50.3 Å². The van der Waals surface area contributed by atoms with Gasteiger partial charge in [-0.1, -0.05) is 173 Å². The fraction of sp³-hybridized carbons (Fsp3) is 0.164. The lowest BCUT2D eigenvalue weighted by Crippen LogP contribution is -2.30. The van der Waals surface area contributed by atoms with E-state index in [-0.39, 0.29) is 5.41 Å². The fourth-order valence-electron chi connectivity index (χ4n) is 9.12. The smallest absolute Gasteiger partial charge is 0.142 e. The maximum atomic E-state index is 6.77. The highest BCUT2D eigenvalue weighted by Gasteiger charge is 2.29. The summed E-state index contributed by atoms with van der Waals surface area (Å²) in [6, 6.07) is 39.7. The van der Waals surface area contributed by atoms with Crippen LogP contribution in [0.1, 0.15) is 79.3 Å². The topological polar surface area (TPSA) is 13.1 Å². The summed E-state index contributed by atoms with van der Waals surface area (Å²) in [5.41, 5.74) is 16.3. The van der Waals surface area contributed by atoms with Gasteiger partial charge in [0.15, 0.2) is 0 Å². The Bertz CT molecular complexity index is 2850. The Balaban J connectivity index is 1.33. The molecule has 0 saturated heterocycles. The van der Waals surface area contributed by atoms with Crippen molar-refractivity contribution in [3.05, 3.63) is 220 Å². The first-order valence-electron chi connectivity index (χ1n) is 20.1. The van der Waals surface area contributed by atoms with Crippen LogP contribution in [0.4, 0.5) is 0 Å². The highest BCUT2D eigenvalue weighted by molar-refractivity contribution is 6.08. The van der Waals surface area contributed by atoms with Gasteiger partial charge in [-0.25, -0.2) is 0 Å². The second-order valence-corrected chi connectivity index (χ2v) is 16.1. The number of para-hydroxylation sites is 1. The minimum absolute atomic E-state index is 0.138. The molecule has 3 aliphatic carbocycles. The van der Waals surface area contributed by atoms with Gasteiger partial charge in [-0.2, -0.15) is 0 Å². The van der Waals surface area contributed by atoms with Crippen molar-refractivity contribution in [1.82, 2.24) is 0 Å². The van der Waals surface area contributed by atoms with Gasteiger partial charge < -0.3 is 4.42 Å². The number of hydrogen-bond donors (Lipinski definition) is 0. The van der Waals surface area contributed by atoms with Crippen LogP contribution in [-0.4, -0.2) is 0 Å². The third kappa shape index (κ3) is 6.52. The fourth-order valence-corrected chi connectivity index (χ4v) is 9.12. The Morgan fingerprint density at radius 1 is 0.643 bits per heavy atom. The van der Waals surface area contributed by atoms with Crippen molar-refractivity contribution < 1.29 is 4.42 Å². The van der Waals surface area contributed by atoms with Crippen molar-refractivity contribution in [2.24, 2.45) is 0 Å². The zero-order valence-corrected chi connectivity index (χ0v) is 32.6. The number of rotatable bonds is 5. The summed E-state index contributed by atoms with van der Waals surface area (Å²) in [6.45, 7) is 14.3. The molecular formula is C55H48O. The summed E-state index contributed by atoms with van der Waals surface area (Å²) < 4.78 is 6.77. The first-order valence-corrected chi connectivity index (χ1v) is 20.1. The van der Waals surface area contributed by atoms with E-state index in [1.807, 2.05) is 0 Å². The number of allylic oxidation sites excluding steroid dienone is 11. The third-order valence-electron chi connectivity index (χ3n) is 12.0. The summed E-state index contributed by atoms with van der Waals surface area (Å²) in [4.78, 5) is 0. The van der Waals surface area contributed by atoms with Gasteiger partial charge >= 0.3 is 0 Å². The maximum absolute atomic E-state index is 6.77. The molecule has 1 heterocycles. The first kappa shape index (κ1) is 35.5. The van der Waals surface area contributed by atoms with E-state index in [0.717, 1.165) is 88.3 Å². The summed E-state index contributed by atoms with van der Waals surface area (Å²) in [6.07, 6.45) is 24.1. The van der Waals surface area contributed by atoms with Gasteiger partial charge in [0.25, 0.3) is 0 Å². The van der Waals surface area contributed by atoms with E-state index in [1.165, 1.54) is 49.4 Å². The minimum atomic E-state index is -0.138. The molecule has 1 nitrogen and oxygen atoms in total. The quantitative estimate of drug-likeness (QED) is 0.173. The summed E-state index contributed by atoms with van der Waals surface area (Å²) in [5, 5.41) is 4.69. The number of hydrogen-bond acceptors (Lipinski definition) is 1. The molecule has 56 heavy (non-hydrogen) atoms. The van der Waals surface area contributed by atoms with E-state index in [9.17, 15) is 0 Å². The molecule has 0 unspecified atom stereocenters. The van der Waals surface area contributed by atoms with Gasteiger partial charge in [0.2, 0.25) is 0 Å². The Hall–Kier alpha value is -6.18. The Morgan fingerprint density at radius 3 is 2.18 bits per heavy atom. The molecular weight excluding hydrogens is 677 g/mol. The molecule has 1 aromatic heterocycles. The Morgan fingerprint density at radius 2 is 1.36 bits per heavy atom. The summed E-state index contributed by atoms with van der Waals surface area (Å²) in [7, 11) is 0. The van der Waals surface area contributed by atoms with Gasteiger partial charge in [0.05, 0.1) is 0 Å². The van der Waals surface area contributed by atoms with Crippen LogP contribution in [0.15, 0.2) is 180 Å². The predicted octanol–water partition coefficient (Wildman–Crippen LogP) is 13.2. The molecule has 5 aromatic carbocycles. The van der Waals surface area contributed by atoms with Crippen molar-refractivity contribution in [3.8, 4) is 0 Å². The van der Waals surface area contributed by atoms with Crippen LogP contribution in [0.3, 0.4) is 0 Å². The molecule has 0 N–H and O–H groups in total. The van der Waals surface area contributed by atoms with Crippen molar-refractivity contribution in [3.63, 3.8) is 0 Å². The predicted molar refractivity (Wildman–Crippen MR) is 240 cm³/mol. The van der Waals surface area contributed by atoms with Crippen molar-refractivity contribution in [1.29, 1.82) is 0 Å². The molecule has 9 rings (SSSR count). The molecule has 0 aliphatic heterocycles. The molecule has 0 radical (unpaired) electrons. The van der Waals surface area contributed by atoms with Gasteiger partial charge in [0, 0.05) is 16.3 Å². The van der Waals surface area contributed by atoms with E-state index in [4.69, 9.17) is 11.0 Å². The molecule has 6 aromatic rings. The molecule has 0 amide bonds. The van der Waals surface area contributed by atoms with Crippen LogP contribution >= 0.6 is 0 Å². The van der Waals surface area contributed by atoms with Crippen molar-refractivity contribution in [2.45, 2.75) is 57.8 Å². The van der Waals surface area contributed by atoms with Crippen LogP contribution in [0.2, 0.25) is 0 Å². The Kier molecular flexibility index (Phi) is 9.39. The van der Waals surface area contributed by atoms with E-state index < -0.39 is 0 Å². The van der Waals surface area contributed by atoms with Crippen LogP contribution in [0.25, 0.3) is 50.3 Å². The average Bonchev–Trinajstić information content (AvgIpc) is 3.63. The second kappa shape index (κ2) is 14.8. The lowest BCUT2D eigenvalue weighted by atomic mass is 9.75. The van der Waals surface area contributed by atoms with Gasteiger partial charge in [-0.3, -0.25) is 0 Å². The molecule has 0 saturated carbocycles. The van der Waals surface area contributed by atoms with Crippen LogP contribution in [0, 0.1) is 0 Å². The largest absolute Gasteiger partial charge is 0.455 e. The van der Waals surface area contributed by atoms with E-state index >= 15 is 0 Å².